The van der Waals surface area contributed by atoms with Crippen molar-refractivity contribution in [2.75, 3.05) is 5.73 Å². The largest absolute Gasteiger partial charge is 0.382 e. The SMILES string of the molecule is CC1(C)CCC(Cn2nc(N)ccc2=O)O1. The van der Waals surface area contributed by atoms with Gasteiger partial charge in [0.2, 0.25) is 0 Å². The molecule has 0 aromatic carbocycles. The Morgan fingerprint density at radius 1 is 1.62 bits per heavy atom. The van der Waals surface area contributed by atoms with Gasteiger partial charge in [0.05, 0.1) is 18.2 Å². The molecule has 0 spiro atoms. The molecule has 5 nitrogen and oxygen atoms in total. The van der Waals surface area contributed by atoms with Crippen LogP contribution in [0.4, 0.5) is 5.82 Å². The molecule has 1 aromatic rings. The third kappa shape index (κ3) is 2.41. The summed E-state index contributed by atoms with van der Waals surface area (Å²) >= 11 is 0. The smallest absolute Gasteiger partial charge is 0.266 e. The van der Waals surface area contributed by atoms with Gasteiger partial charge in [-0.15, -0.1) is 0 Å². The molecule has 2 rings (SSSR count). The molecule has 1 saturated heterocycles. The average molecular weight is 223 g/mol. The average Bonchev–Trinajstić information content (AvgIpc) is 2.52. The van der Waals surface area contributed by atoms with Crippen LogP contribution in [0.5, 0.6) is 0 Å². The van der Waals surface area contributed by atoms with Crippen LogP contribution in [0.2, 0.25) is 0 Å². The Morgan fingerprint density at radius 3 is 3.00 bits per heavy atom. The molecular weight excluding hydrogens is 206 g/mol. The molecule has 1 aromatic heterocycles. The Labute approximate surface area is 94.2 Å². The summed E-state index contributed by atoms with van der Waals surface area (Å²) in [5.74, 6) is 0.358. The zero-order chi connectivity index (χ0) is 11.8. The van der Waals surface area contributed by atoms with Crippen LogP contribution in [0.15, 0.2) is 16.9 Å². The van der Waals surface area contributed by atoms with Crippen molar-refractivity contribution < 1.29 is 4.74 Å². The standard InChI is InChI=1S/C11H17N3O2/c1-11(2)6-5-8(16-11)7-14-10(15)4-3-9(12)13-14/h3-4,8H,5-7H2,1-2H3,(H2,12,13). The zero-order valence-corrected chi connectivity index (χ0v) is 9.64. The molecule has 1 fully saturated rings. The van der Waals surface area contributed by atoms with Crippen molar-refractivity contribution in [2.24, 2.45) is 0 Å². The van der Waals surface area contributed by atoms with Crippen molar-refractivity contribution in [3.05, 3.63) is 22.5 Å². The number of nitrogen functional groups attached to an aromatic ring is 1. The third-order valence-corrected chi connectivity index (χ3v) is 2.82. The predicted octanol–water partition coefficient (Wildman–Crippen LogP) is 0.783. The Balaban J connectivity index is 2.10. The maximum Gasteiger partial charge on any atom is 0.266 e. The van der Waals surface area contributed by atoms with E-state index in [1.807, 2.05) is 0 Å². The normalized spacial score (nSPS) is 23.5. The molecule has 0 bridgehead atoms. The second-order valence-corrected chi connectivity index (χ2v) is 4.82. The number of nitrogens with zero attached hydrogens (tertiary/aromatic N) is 2. The molecular formula is C11H17N3O2. The van der Waals surface area contributed by atoms with Gasteiger partial charge in [0.1, 0.15) is 5.82 Å². The molecule has 1 aliphatic rings. The molecule has 0 aliphatic carbocycles. The zero-order valence-electron chi connectivity index (χ0n) is 9.64. The molecule has 0 saturated carbocycles. The van der Waals surface area contributed by atoms with Gasteiger partial charge in [-0.25, -0.2) is 4.68 Å². The Kier molecular flexibility index (Phi) is 2.71. The highest BCUT2D eigenvalue weighted by Crippen LogP contribution is 2.29. The number of anilines is 1. The second kappa shape index (κ2) is 3.90. The molecule has 1 atom stereocenters. The number of ether oxygens (including phenoxy) is 1. The van der Waals surface area contributed by atoms with Gasteiger partial charge in [-0.3, -0.25) is 4.79 Å². The van der Waals surface area contributed by atoms with Crippen molar-refractivity contribution in [2.45, 2.75) is 44.9 Å². The fraction of sp³-hybridized carbons (Fsp3) is 0.636. The summed E-state index contributed by atoms with van der Waals surface area (Å²) in [6, 6.07) is 2.95. The lowest BCUT2D eigenvalue weighted by atomic mass is 10.1. The lowest BCUT2D eigenvalue weighted by molar-refractivity contribution is -0.0234. The first-order valence-electron chi connectivity index (χ1n) is 5.48. The van der Waals surface area contributed by atoms with Gasteiger partial charge in [-0.05, 0) is 32.8 Å². The summed E-state index contributed by atoms with van der Waals surface area (Å²) in [6.45, 7) is 4.60. The van der Waals surface area contributed by atoms with E-state index in [1.165, 1.54) is 16.8 Å². The van der Waals surface area contributed by atoms with E-state index >= 15 is 0 Å². The third-order valence-electron chi connectivity index (χ3n) is 2.82. The van der Waals surface area contributed by atoms with Crippen LogP contribution in [0.25, 0.3) is 0 Å². The summed E-state index contributed by atoms with van der Waals surface area (Å²) in [4.78, 5) is 11.5. The van der Waals surface area contributed by atoms with Crippen LogP contribution in [-0.2, 0) is 11.3 Å². The molecule has 16 heavy (non-hydrogen) atoms. The van der Waals surface area contributed by atoms with E-state index in [9.17, 15) is 4.79 Å². The van der Waals surface area contributed by atoms with E-state index in [1.54, 1.807) is 0 Å². The molecule has 88 valence electrons. The van der Waals surface area contributed by atoms with Crippen molar-refractivity contribution in [3.8, 4) is 0 Å². The van der Waals surface area contributed by atoms with E-state index in [0.29, 0.717) is 12.4 Å². The number of rotatable bonds is 2. The summed E-state index contributed by atoms with van der Waals surface area (Å²) in [7, 11) is 0. The Morgan fingerprint density at radius 2 is 2.38 bits per heavy atom. The lowest BCUT2D eigenvalue weighted by Crippen LogP contribution is -2.30. The van der Waals surface area contributed by atoms with Crippen LogP contribution < -0.4 is 11.3 Å². The van der Waals surface area contributed by atoms with Gasteiger partial charge in [-0.1, -0.05) is 0 Å². The van der Waals surface area contributed by atoms with Crippen LogP contribution >= 0.6 is 0 Å². The highest BCUT2D eigenvalue weighted by atomic mass is 16.5. The van der Waals surface area contributed by atoms with Gasteiger partial charge in [0.25, 0.3) is 5.56 Å². The lowest BCUT2D eigenvalue weighted by Gasteiger charge is -2.19. The van der Waals surface area contributed by atoms with Crippen molar-refractivity contribution >= 4 is 5.82 Å². The summed E-state index contributed by atoms with van der Waals surface area (Å²) in [5.41, 5.74) is 5.32. The minimum atomic E-state index is -0.137. The first-order valence-corrected chi connectivity index (χ1v) is 5.48. The highest BCUT2D eigenvalue weighted by molar-refractivity contribution is 5.23. The monoisotopic (exact) mass is 223 g/mol. The molecule has 1 unspecified atom stereocenters. The maximum absolute atomic E-state index is 11.5. The summed E-state index contributed by atoms with van der Waals surface area (Å²) < 4.78 is 7.18. The Bertz CT molecular complexity index is 439. The summed E-state index contributed by atoms with van der Waals surface area (Å²) in [5, 5.41) is 3.99. The molecule has 0 amide bonds. The number of hydrogen-bond acceptors (Lipinski definition) is 4. The fourth-order valence-corrected chi connectivity index (χ4v) is 1.99. The van der Waals surface area contributed by atoms with E-state index < -0.39 is 0 Å². The molecule has 5 heteroatoms. The van der Waals surface area contributed by atoms with E-state index in [4.69, 9.17) is 10.5 Å². The summed E-state index contributed by atoms with van der Waals surface area (Å²) in [6.07, 6.45) is 2.02. The van der Waals surface area contributed by atoms with E-state index in [0.717, 1.165) is 12.8 Å². The topological polar surface area (TPSA) is 70.1 Å². The number of aromatic nitrogens is 2. The van der Waals surface area contributed by atoms with Gasteiger partial charge >= 0.3 is 0 Å². The van der Waals surface area contributed by atoms with Gasteiger partial charge in [0.15, 0.2) is 0 Å². The van der Waals surface area contributed by atoms with Gasteiger partial charge in [-0.2, -0.15) is 5.10 Å². The van der Waals surface area contributed by atoms with Crippen LogP contribution in [0, 0.1) is 0 Å². The van der Waals surface area contributed by atoms with Gasteiger partial charge in [0, 0.05) is 6.07 Å². The quantitative estimate of drug-likeness (QED) is 0.804. The maximum atomic E-state index is 11.5. The first-order chi connectivity index (χ1) is 7.46. The van der Waals surface area contributed by atoms with Crippen molar-refractivity contribution in [1.29, 1.82) is 0 Å². The van der Waals surface area contributed by atoms with E-state index in [2.05, 4.69) is 18.9 Å². The minimum Gasteiger partial charge on any atom is -0.382 e. The number of hydrogen-bond donors (Lipinski definition) is 1. The number of nitrogens with two attached hydrogens (primary N) is 1. The van der Waals surface area contributed by atoms with Crippen LogP contribution in [0.1, 0.15) is 26.7 Å². The molecule has 2 heterocycles. The minimum absolute atomic E-state index is 0.0574. The molecule has 2 N–H and O–H groups in total. The van der Waals surface area contributed by atoms with Crippen molar-refractivity contribution in [1.82, 2.24) is 9.78 Å². The van der Waals surface area contributed by atoms with Crippen LogP contribution in [0.3, 0.4) is 0 Å². The second-order valence-electron chi connectivity index (χ2n) is 4.82. The molecule has 0 radical (unpaired) electrons. The molecule has 1 aliphatic heterocycles. The van der Waals surface area contributed by atoms with Crippen LogP contribution in [-0.4, -0.2) is 21.5 Å². The predicted molar refractivity (Wildman–Crippen MR) is 61.1 cm³/mol. The van der Waals surface area contributed by atoms with Gasteiger partial charge < -0.3 is 10.5 Å². The Hall–Kier alpha value is -1.36. The fourth-order valence-electron chi connectivity index (χ4n) is 1.99. The first kappa shape index (κ1) is 11.1. The van der Waals surface area contributed by atoms with E-state index in [-0.39, 0.29) is 17.3 Å². The van der Waals surface area contributed by atoms with Crippen molar-refractivity contribution in [3.63, 3.8) is 0 Å². The highest BCUT2D eigenvalue weighted by Gasteiger charge is 2.31.